The van der Waals surface area contributed by atoms with Gasteiger partial charge in [-0.3, -0.25) is 10.1 Å². The summed E-state index contributed by atoms with van der Waals surface area (Å²) in [5, 5.41) is 3.25. The third-order valence-electron chi connectivity index (χ3n) is 3.91. The standard InChI is InChI=1S/C20H20N2O4S/c1-3-4-10-26-19(24)14-8-9-16-17(12-14)27-20(21-16)22-18(23)13-6-5-7-15(11-13)25-2/h5-9,11-12H,3-4,10H2,1-2H3,(H,21,22,23). The Morgan fingerprint density at radius 1 is 1.15 bits per heavy atom. The van der Waals surface area contributed by atoms with Crippen LogP contribution in [0.3, 0.4) is 0 Å². The number of esters is 1. The number of ether oxygens (including phenoxy) is 2. The van der Waals surface area contributed by atoms with E-state index in [0.717, 1.165) is 17.5 Å². The molecule has 0 fully saturated rings. The van der Waals surface area contributed by atoms with Crippen molar-refractivity contribution < 1.29 is 19.1 Å². The lowest BCUT2D eigenvalue weighted by atomic mass is 10.2. The Bertz CT molecular complexity index is 968. The van der Waals surface area contributed by atoms with Gasteiger partial charge in [0.15, 0.2) is 5.13 Å². The van der Waals surface area contributed by atoms with Gasteiger partial charge in [0.25, 0.3) is 5.91 Å². The fourth-order valence-electron chi connectivity index (χ4n) is 2.43. The van der Waals surface area contributed by atoms with E-state index in [2.05, 4.69) is 10.3 Å². The number of hydrogen-bond donors (Lipinski definition) is 1. The van der Waals surface area contributed by atoms with Crippen molar-refractivity contribution in [2.75, 3.05) is 19.0 Å². The van der Waals surface area contributed by atoms with E-state index in [1.807, 2.05) is 6.92 Å². The number of aromatic nitrogens is 1. The lowest BCUT2D eigenvalue weighted by molar-refractivity contribution is 0.0500. The summed E-state index contributed by atoms with van der Waals surface area (Å²) in [6.07, 6.45) is 1.81. The zero-order chi connectivity index (χ0) is 19.2. The Morgan fingerprint density at radius 2 is 2.00 bits per heavy atom. The molecule has 0 aliphatic heterocycles. The average Bonchev–Trinajstić information content (AvgIpc) is 3.09. The lowest BCUT2D eigenvalue weighted by Crippen LogP contribution is -2.11. The van der Waals surface area contributed by atoms with Crippen LogP contribution in [0.15, 0.2) is 42.5 Å². The van der Waals surface area contributed by atoms with Crippen LogP contribution >= 0.6 is 11.3 Å². The summed E-state index contributed by atoms with van der Waals surface area (Å²) in [6, 6.07) is 12.1. The van der Waals surface area contributed by atoms with Crippen LogP contribution in [0, 0.1) is 0 Å². The third kappa shape index (κ3) is 4.62. The first-order valence-electron chi connectivity index (χ1n) is 8.64. The highest BCUT2D eigenvalue weighted by Crippen LogP contribution is 2.27. The number of nitrogens with zero attached hydrogens (tertiary/aromatic N) is 1. The van der Waals surface area contributed by atoms with Crippen molar-refractivity contribution in [2.45, 2.75) is 19.8 Å². The minimum atomic E-state index is -0.347. The van der Waals surface area contributed by atoms with Gasteiger partial charge in [0.2, 0.25) is 0 Å². The highest BCUT2D eigenvalue weighted by Gasteiger charge is 2.13. The number of methoxy groups -OCH3 is 1. The number of fused-ring (bicyclic) bond motifs is 1. The Hall–Kier alpha value is -2.93. The molecule has 1 amide bonds. The molecule has 7 heteroatoms. The second kappa shape index (κ2) is 8.64. The summed E-state index contributed by atoms with van der Waals surface area (Å²) >= 11 is 1.31. The highest BCUT2D eigenvalue weighted by molar-refractivity contribution is 7.22. The summed E-state index contributed by atoms with van der Waals surface area (Å²) in [6.45, 7) is 2.45. The van der Waals surface area contributed by atoms with Crippen molar-refractivity contribution in [2.24, 2.45) is 0 Å². The van der Waals surface area contributed by atoms with E-state index < -0.39 is 0 Å². The van der Waals surface area contributed by atoms with E-state index in [4.69, 9.17) is 9.47 Å². The van der Waals surface area contributed by atoms with Gasteiger partial charge in [-0.2, -0.15) is 0 Å². The summed E-state index contributed by atoms with van der Waals surface area (Å²) in [5.41, 5.74) is 1.67. The maximum Gasteiger partial charge on any atom is 0.338 e. The monoisotopic (exact) mass is 384 g/mol. The number of benzene rings is 2. The first kappa shape index (κ1) is 18.8. The second-order valence-electron chi connectivity index (χ2n) is 5.88. The number of nitrogens with one attached hydrogen (secondary N) is 1. The molecule has 0 unspecified atom stereocenters. The number of hydrogen-bond acceptors (Lipinski definition) is 6. The average molecular weight is 384 g/mol. The number of thiazole rings is 1. The normalized spacial score (nSPS) is 10.6. The van der Waals surface area contributed by atoms with E-state index in [0.29, 0.717) is 34.1 Å². The first-order chi connectivity index (χ1) is 13.1. The maximum absolute atomic E-state index is 12.4. The minimum Gasteiger partial charge on any atom is -0.497 e. The Balaban J connectivity index is 1.74. The molecule has 1 aromatic heterocycles. The SMILES string of the molecule is CCCCOC(=O)c1ccc2nc(NC(=O)c3cccc(OC)c3)sc2c1. The van der Waals surface area contributed by atoms with Crippen LogP contribution in [0.25, 0.3) is 10.2 Å². The summed E-state index contributed by atoms with van der Waals surface area (Å²) < 4.78 is 11.2. The van der Waals surface area contributed by atoms with Crippen molar-refractivity contribution >= 4 is 38.6 Å². The van der Waals surface area contributed by atoms with Crippen LogP contribution < -0.4 is 10.1 Å². The summed E-state index contributed by atoms with van der Waals surface area (Å²) in [5.74, 6) is -0.00829. The number of carbonyl (C=O) groups excluding carboxylic acids is 2. The van der Waals surface area contributed by atoms with E-state index in [1.165, 1.54) is 11.3 Å². The van der Waals surface area contributed by atoms with E-state index >= 15 is 0 Å². The van der Waals surface area contributed by atoms with Gasteiger partial charge in [-0.15, -0.1) is 0 Å². The number of amides is 1. The number of carbonyl (C=O) groups is 2. The van der Waals surface area contributed by atoms with Crippen molar-refractivity contribution in [3.63, 3.8) is 0 Å². The molecule has 6 nitrogen and oxygen atoms in total. The van der Waals surface area contributed by atoms with Gasteiger partial charge in [-0.25, -0.2) is 9.78 Å². The molecule has 0 aliphatic rings. The second-order valence-corrected chi connectivity index (χ2v) is 6.91. The van der Waals surface area contributed by atoms with Crippen molar-refractivity contribution in [3.05, 3.63) is 53.6 Å². The first-order valence-corrected chi connectivity index (χ1v) is 9.45. The maximum atomic E-state index is 12.4. The fourth-order valence-corrected chi connectivity index (χ4v) is 3.33. The summed E-state index contributed by atoms with van der Waals surface area (Å²) in [7, 11) is 1.55. The molecule has 2 aromatic carbocycles. The smallest absolute Gasteiger partial charge is 0.338 e. The molecule has 0 bridgehead atoms. The van der Waals surface area contributed by atoms with E-state index in [9.17, 15) is 9.59 Å². The molecule has 1 heterocycles. The summed E-state index contributed by atoms with van der Waals surface area (Å²) in [4.78, 5) is 28.9. The van der Waals surface area contributed by atoms with Gasteiger partial charge in [0, 0.05) is 5.56 Å². The van der Waals surface area contributed by atoms with Gasteiger partial charge >= 0.3 is 5.97 Å². The van der Waals surface area contributed by atoms with Crippen LogP contribution in [-0.2, 0) is 4.74 Å². The molecule has 0 radical (unpaired) electrons. The van der Waals surface area contributed by atoms with Crippen molar-refractivity contribution in [1.29, 1.82) is 0 Å². The third-order valence-corrected chi connectivity index (χ3v) is 4.84. The van der Waals surface area contributed by atoms with Crippen LogP contribution in [0.1, 0.15) is 40.5 Å². The largest absolute Gasteiger partial charge is 0.497 e. The van der Waals surface area contributed by atoms with Crippen LogP contribution in [0.4, 0.5) is 5.13 Å². The number of anilines is 1. The van der Waals surface area contributed by atoms with E-state index in [-0.39, 0.29) is 11.9 Å². The molecule has 0 aliphatic carbocycles. The number of rotatable bonds is 7. The van der Waals surface area contributed by atoms with Gasteiger partial charge in [-0.05, 0) is 42.8 Å². The molecule has 0 atom stereocenters. The molecule has 3 rings (SSSR count). The van der Waals surface area contributed by atoms with Gasteiger partial charge in [0.05, 0.1) is 29.5 Å². The molecule has 3 aromatic rings. The molecule has 140 valence electrons. The molecular formula is C20H20N2O4S. The zero-order valence-corrected chi connectivity index (χ0v) is 16.0. The van der Waals surface area contributed by atoms with Gasteiger partial charge in [-0.1, -0.05) is 30.7 Å². The van der Waals surface area contributed by atoms with E-state index in [1.54, 1.807) is 49.6 Å². The molecule has 0 saturated heterocycles. The molecular weight excluding hydrogens is 364 g/mol. The molecule has 0 saturated carbocycles. The van der Waals surface area contributed by atoms with Crippen molar-refractivity contribution in [1.82, 2.24) is 4.98 Å². The predicted molar refractivity (Wildman–Crippen MR) is 106 cm³/mol. The highest BCUT2D eigenvalue weighted by atomic mass is 32.1. The topological polar surface area (TPSA) is 77.5 Å². The lowest BCUT2D eigenvalue weighted by Gasteiger charge is -2.03. The molecule has 0 spiro atoms. The molecule has 1 N–H and O–H groups in total. The minimum absolute atomic E-state index is 0.271. The Labute approximate surface area is 161 Å². The zero-order valence-electron chi connectivity index (χ0n) is 15.2. The number of unbranched alkanes of at least 4 members (excludes halogenated alkanes) is 1. The van der Waals surface area contributed by atoms with Gasteiger partial charge in [0.1, 0.15) is 5.75 Å². The van der Waals surface area contributed by atoms with Crippen LogP contribution in [-0.4, -0.2) is 30.6 Å². The van der Waals surface area contributed by atoms with Crippen molar-refractivity contribution in [3.8, 4) is 5.75 Å². The van der Waals surface area contributed by atoms with Crippen LogP contribution in [0.5, 0.6) is 5.75 Å². The Morgan fingerprint density at radius 3 is 2.78 bits per heavy atom. The Kier molecular flexibility index (Phi) is 6.03. The van der Waals surface area contributed by atoms with Gasteiger partial charge < -0.3 is 9.47 Å². The fraction of sp³-hybridized carbons (Fsp3) is 0.250. The quantitative estimate of drug-likeness (QED) is 0.479. The molecule has 27 heavy (non-hydrogen) atoms. The predicted octanol–water partition coefficient (Wildman–Crippen LogP) is 4.51. The van der Waals surface area contributed by atoms with Crippen LogP contribution in [0.2, 0.25) is 0 Å².